The maximum Gasteiger partial charge on any atom is 0.149 e. The van der Waals surface area contributed by atoms with E-state index in [-0.39, 0.29) is 6.61 Å². The molecule has 0 aliphatic heterocycles. The zero-order valence-electron chi connectivity index (χ0n) is 11.7. The Morgan fingerprint density at radius 1 is 1.35 bits per heavy atom. The summed E-state index contributed by atoms with van der Waals surface area (Å²) in [5.74, 6) is 0.749. The Morgan fingerprint density at radius 3 is 2.65 bits per heavy atom. The van der Waals surface area contributed by atoms with E-state index in [1.165, 1.54) is 0 Å². The molecule has 0 saturated carbocycles. The summed E-state index contributed by atoms with van der Waals surface area (Å²) in [5, 5.41) is 15.5. The second-order valence-corrected chi connectivity index (χ2v) is 7.11. The molecule has 0 aliphatic rings. The number of thioether (sulfide) groups is 1. The van der Waals surface area contributed by atoms with E-state index in [9.17, 15) is 5.11 Å². The molecule has 5 heteroatoms. The average molecular weight is 308 g/mol. The van der Waals surface area contributed by atoms with Crippen LogP contribution in [-0.2, 0) is 5.54 Å². The summed E-state index contributed by atoms with van der Waals surface area (Å²) in [4.78, 5) is 4.30. The lowest BCUT2D eigenvalue weighted by atomic mass is 9.92. The van der Waals surface area contributed by atoms with E-state index in [4.69, 9.17) is 0 Å². The Bertz CT molecular complexity index is 502. The van der Waals surface area contributed by atoms with Crippen molar-refractivity contribution < 1.29 is 5.11 Å². The number of thiazole rings is 1. The van der Waals surface area contributed by atoms with Gasteiger partial charge in [0, 0.05) is 23.4 Å². The second-order valence-electron chi connectivity index (χ2n) is 4.99. The second kappa shape index (κ2) is 7.22. The summed E-state index contributed by atoms with van der Waals surface area (Å²) >= 11 is 3.31. The Kier molecular flexibility index (Phi) is 5.60. The van der Waals surface area contributed by atoms with Crippen LogP contribution in [0.5, 0.6) is 0 Å². The first-order valence-corrected chi connectivity index (χ1v) is 8.49. The van der Waals surface area contributed by atoms with E-state index >= 15 is 0 Å². The third kappa shape index (κ3) is 3.82. The van der Waals surface area contributed by atoms with E-state index < -0.39 is 5.54 Å². The van der Waals surface area contributed by atoms with Gasteiger partial charge >= 0.3 is 0 Å². The molecule has 0 aliphatic carbocycles. The largest absolute Gasteiger partial charge is 0.394 e. The van der Waals surface area contributed by atoms with Crippen molar-refractivity contribution in [2.45, 2.75) is 29.8 Å². The van der Waals surface area contributed by atoms with Crippen LogP contribution in [0.3, 0.4) is 0 Å². The minimum Gasteiger partial charge on any atom is -0.394 e. The van der Waals surface area contributed by atoms with Crippen LogP contribution in [0.25, 0.3) is 0 Å². The molecule has 2 rings (SSSR count). The van der Waals surface area contributed by atoms with Gasteiger partial charge in [0.1, 0.15) is 4.34 Å². The maximum atomic E-state index is 10.0. The number of benzene rings is 1. The van der Waals surface area contributed by atoms with E-state index in [1.54, 1.807) is 23.1 Å². The predicted octanol–water partition coefficient (Wildman–Crippen LogP) is 3.12. The van der Waals surface area contributed by atoms with Crippen molar-refractivity contribution in [2.75, 3.05) is 12.4 Å². The Morgan fingerprint density at radius 2 is 2.10 bits per heavy atom. The van der Waals surface area contributed by atoms with Gasteiger partial charge in [0.2, 0.25) is 0 Å². The third-order valence-electron chi connectivity index (χ3n) is 3.01. The summed E-state index contributed by atoms with van der Waals surface area (Å²) < 4.78 is 1.03. The average Bonchev–Trinajstić information content (AvgIpc) is 2.97. The molecule has 2 N–H and O–H groups in total. The molecule has 0 spiro atoms. The summed E-state index contributed by atoms with van der Waals surface area (Å²) in [6.07, 6.45) is 1.81. The number of aliphatic hydroxyl groups is 1. The summed E-state index contributed by atoms with van der Waals surface area (Å²) in [6, 6.07) is 10.4. The normalized spacial score (nSPS) is 14.4. The molecule has 2 aromatic rings. The quantitative estimate of drug-likeness (QED) is 0.772. The van der Waals surface area contributed by atoms with Crippen LogP contribution in [-0.4, -0.2) is 28.5 Å². The first-order valence-electron chi connectivity index (χ1n) is 6.63. The van der Waals surface area contributed by atoms with Gasteiger partial charge in [-0.1, -0.05) is 42.1 Å². The van der Waals surface area contributed by atoms with Crippen molar-refractivity contribution >= 4 is 23.1 Å². The third-order valence-corrected chi connectivity index (χ3v) is 5.21. The summed E-state index contributed by atoms with van der Waals surface area (Å²) in [6.45, 7) is 4.26. The number of hydrogen-bond donors (Lipinski definition) is 2. The monoisotopic (exact) mass is 308 g/mol. The highest BCUT2D eigenvalue weighted by Gasteiger charge is 2.32. The van der Waals surface area contributed by atoms with Crippen LogP contribution >= 0.6 is 23.1 Å². The van der Waals surface area contributed by atoms with Gasteiger partial charge in [-0.3, -0.25) is 0 Å². The van der Waals surface area contributed by atoms with Crippen LogP contribution < -0.4 is 5.32 Å². The fraction of sp³-hybridized carbons (Fsp3) is 0.400. The van der Waals surface area contributed by atoms with Gasteiger partial charge in [-0.15, -0.1) is 11.3 Å². The zero-order valence-corrected chi connectivity index (χ0v) is 13.4. The van der Waals surface area contributed by atoms with Gasteiger partial charge in [-0.25, -0.2) is 4.98 Å². The van der Waals surface area contributed by atoms with Crippen molar-refractivity contribution in [3.05, 3.63) is 47.5 Å². The number of aromatic nitrogens is 1. The topological polar surface area (TPSA) is 45.1 Å². The van der Waals surface area contributed by atoms with Gasteiger partial charge in [0.25, 0.3) is 0 Å². The predicted molar refractivity (Wildman–Crippen MR) is 86.3 cm³/mol. The van der Waals surface area contributed by atoms with Gasteiger partial charge in [0.15, 0.2) is 0 Å². The molecule has 0 bridgehead atoms. The number of aliphatic hydroxyl groups excluding tert-OH is 1. The smallest absolute Gasteiger partial charge is 0.149 e. The van der Waals surface area contributed by atoms with Crippen LogP contribution in [0.1, 0.15) is 19.4 Å². The first-order chi connectivity index (χ1) is 9.66. The lowest BCUT2D eigenvalue weighted by Gasteiger charge is -2.35. The van der Waals surface area contributed by atoms with Crippen molar-refractivity contribution in [1.29, 1.82) is 0 Å². The Balaban J connectivity index is 2.22. The number of hydrogen-bond acceptors (Lipinski definition) is 5. The zero-order chi connectivity index (χ0) is 14.4. The number of rotatable bonds is 7. The highest BCUT2D eigenvalue weighted by atomic mass is 32.2. The molecule has 0 radical (unpaired) electrons. The minimum atomic E-state index is -0.439. The molecule has 0 fully saturated rings. The number of nitrogens with zero attached hydrogens (tertiary/aromatic N) is 1. The lowest BCUT2D eigenvalue weighted by molar-refractivity contribution is 0.170. The van der Waals surface area contributed by atoms with E-state index in [2.05, 4.69) is 36.3 Å². The van der Waals surface area contributed by atoms with Crippen molar-refractivity contribution in [3.8, 4) is 0 Å². The van der Waals surface area contributed by atoms with Crippen LogP contribution in [0.2, 0.25) is 0 Å². The highest BCUT2D eigenvalue weighted by molar-refractivity contribution is 8.01. The lowest BCUT2D eigenvalue weighted by Crippen LogP contribution is -2.50. The Hall–Kier alpha value is -0.880. The molecule has 1 aromatic carbocycles. The molecule has 1 unspecified atom stereocenters. The molecule has 0 amide bonds. The minimum absolute atomic E-state index is 0.0631. The summed E-state index contributed by atoms with van der Waals surface area (Å²) in [5.41, 5.74) is 0.673. The van der Waals surface area contributed by atoms with Gasteiger partial charge in [-0.05, 0) is 19.4 Å². The van der Waals surface area contributed by atoms with Crippen LogP contribution in [0.4, 0.5) is 0 Å². The van der Waals surface area contributed by atoms with Gasteiger partial charge in [0.05, 0.1) is 12.1 Å². The fourth-order valence-corrected chi connectivity index (χ4v) is 3.99. The fourth-order valence-electron chi connectivity index (χ4n) is 2.17. The molecular weight excluding hydrogens is 288 g/mol. The van der Waals surface area contributed by atoms with E-state index in [1.807, 2.05) is 29.8 Å². The Labute approximate surface area is 128 Å². The van der Waals surface area contributed by atoms with Crippen LogP contribution in [0, 0.1) is 0 Å². The summed E-state index contributed by atoms with van der Waals surface area (Å²) in [7, 11) is 0. The molecule has 1 atom stereocenters. The van der Waals surface area contributed by atoms with E-state index in [0.29, 0.717) is 6.04 Å². The molecule has 1 heterocycles. The maximum absolute atomic E-state index is 10.0. The standard InChI is InChI=1S/C15H20N2OS2/c1-12(2)17-15(10-18,13-6-4-3-5-7-13)11-20-14-16-8-9-19-14/h3-9,12,17-18H,10-11H2,1-2H3. The molecule has 108 valence electrons. The van der Waals surface area contributed by atoms with Crippen molar-refractivity contribution in [2.24, 2.45) is 0 Å². The van der Waals surface area contributed by atoms with Gasteiger partial charge in [-0.2, -0.15) is 0 Å². The molecule has 1 aromatic heterocycles. The number of nitrogens with one attached hydrogen (secondary N) is 1. The van der Waals surface area contributed by atoms with Crippen molar-refractivity contribution in [1.82, 2.24) is 10.3 Å². The SMILES string of the molecule is CC(C)NC(CO)(CSc1nccs1)c1ccccc1. The molecule has 3 nitrogen and oxygen atoms in total. The highest BCUT2D eigenvalue weighted by Crippen LogP contribution is 2.31. The molecule has 20 heavy (non-hydrogen) atoms. The van der Waals surface area contributed by atoms with Crippen molar-refractivity contribution in [3.63, 3.8) is 0 Å². The molecule has 0 saturated heterocycles. The molecular formula is C15H20N2OS2. The van der Waals surface area contributed by atoms with Gasteiger partial charge < -0.3 is 10.4 Å². The van der Waals surface area contributed by atoms with E-state index in [0.717, 1.165) is 15.7 Å². The van der Waals surface area contributed by atoms with Crippen LogP contribution in [0.15, 0.2) is 46.2 Å². The first kappa shape index (κ1) is 15.5.